The Kier molecular flexibility index (Phi) is 11.1. The minimum absolute atomic E-state index is 0.698. The molecule has 0 atom stereocenters. The van der Waals surface area contributed by atoms with Crippen molar-refractivity contribution in [1.82, 2.24) is 0 Å². The lowest BCUT2D eigenvalue weighted by atomic mass is 10.1. The van der Waals surface area contributed by atoms with E-state index in [2.05, 4.69) is 54.7 Å². The lowest BCUT2D eigenvalue weighted by Crippen LogP contribution is -1.96. The van der Waals surface area contributed by atoms with Gasteiger partial charge in [0, 0.05) is 11.1 Å². The van der Waals surface area contributed by atoms with E-state index >= 15 is 0 Å². The number of para-hydroxylation sites is 2. The first kappa shape index (κ1) is 25.0. The molecule has 0 bridgehead atoms. The fourth-order valence-corrected chi connectivity index (χ4v) is 2.14. The van der Waals surface area contributed by atoms with Gasteiger partial charge in [-0.1, -0.05) is 91.1 Å². The van der Waals surface area contributed by atoms with Crippen molar-refractivity contribution in [3.05, 3.63) is 96.5 Å². The molecule has 2 aliphatic heterocycles. The van der Waals surface area contributed by atoms with Gasteiger partial charge in [0.25, 0.3) is 0 Å². The molecule has 0 saturated carbocycles. The third-order valence-corrected chi connectivity index (χ3v) is 3.22. The highest BCUT2D eigenvalue weighted by Gasteiger charge is 2.05. The van der Waals surface area contributed by atoms with E-state index < -0.39 is 0 Å². The summed E-state index contributed by atoms with van der Waals surface area (Å²) < 4.78 is 10.7. The van der Waals surface area contributed by atoms with Gasteiger partial charge in [0.1, 0.15) is 23.0 Å². The molecule has 0 amide bonds. The third-order valence-electron chi connectivity index (χ3n) is 3.22. The van der Waals surface area contributed by atoms with Gasteiger partial charge in [-0.15, -0.1) is 0 Å². The van der Waals surface area contributed by atoms with Crippen molar-refractivity contribution < 1.29 is 9.47 Å². The molecule has 0 saturated heterocycles. The number of benzene rings is 2. The summed E-state index contributed by atoms with van der Waals surface area (Å²) in [6.07, 6.45) is 7.73. The van der Waals surface area contributed by atoms with E-state index in [9.17, 15) is 0 Å². The molecule has 2 aromatic carbocycles. The second-order valence-corrected chi connectivity index (χ2v) is 8.34. The average molecular weight is 405 g/mol. The highest BCUT2D eigenvalue weighted by molar-refractivity contribution is 5.62. The molecule has 160 valence electrons. The molecule has 2 aliphatic rings. The quantitative estimate of drug-likeness (QED) is 0.438. The smallest absolute Gasteiger partial charge is 0.134 e. The van der Waals surface area contributed by atoms with Crippen molar-refractivity contribution in [3.63, 3.8) is 0 Å². The third kappa shape index (κ3) is 10.5. The zero-order chi connectivity index (χ0) is 22.5. The molecule has 0 radical (unpaired) electrons. The zero-order valence-electron chi connectivity index (χ0n) is 19.3. The minimum Gasteiger partial charge on any atom is -0.457 e. The topological polar surface area (TPSA) is 18.5 Å². The molecule has 30 heavy (non-hydrogen) atoms. The number of allylic oxidation sites excluding steroid dienone is 2. The van der Waals surface area contributed by atoms with Gasteiger partial charge in [-0.2, -0.15) is 0 Å². The molecule has 2 heteroatoms. The number of ether oxygens (including phenoxy) is 2. The Morgan fingerprint density at radius 2 is 0.833 bits per heavy atom. The summed E-state index contributed by atoms with van der Waals surface area (Å²) in [5.41, 5.74) is 2.22. The second kappa shape index (κ2) is 13.3. The van der Waals surface area contributed by atoms with E-state index in [0.717, 1.165) is 34.5 Å². The van der Waals surface area contributed by atoms with E-state index in [1.807, 2.05) is 72.8 Å². The molecule has 0 spiro atoms. The maximum Gasteiger partial charge on any atom is 0.134 e. The number of hydrogen-bond donors (Lipinski definition) is 0. The average Bonchev–Trinajstić information content (AvgIpc) is 2.67. The molecule has 2 heterocycles. The summed E-state index contributed by atoms with van der Waals surface area (Å²) in [4.78, 5) is 0. The zero-order valence-corrected chi connectivity index (χ0v) is 19.3. The lowest BCUT2D eigenvalue weighted by Gasteiger charge is -2.12. The highest BCUT2D eigenvalue weighted by atomic mass is 16.5. The van der Waals surface area contributed by atoms with Gasteiger partial charge in [0.2, 0.25) is 0 Å². The molecule has 0 N–H and O–H groups in total. The maximum absolute atomic E-state index is 5.35. The molecule has 0 aliphatic carbocycles. The van der Waals surface area contributed by atoms with Crippen LogP contribution in [0.5, 0.6) is 11.5 Å². The predicted octanol–water partition coefficient (Wildman–Crippen LogP) is 8.54. The standard InChI is InChI=1S/2C10H8O.2C4H10/c2*1-8-6-7-9-4-2-3-5-10(9)11-8;2*1-4(2)3/h2*2-7H,1H2;2*4H,1-3H3. The fourth-order valence-electron chi connectivity index (χ4n) is 2.14. The molecular weight excluding hydrogens is 368 g/mol. The van der Waals surface area contributed by atoms with E-state index in [1.54, 1.807) is 0 Å². The van der Waals surface area contributed by atoms with Crippen LogP contribution in [-0.4, -0.2) is 0 Å². The van der Waals surface area contributed by atoms with Gasteiger partial charge in [-0.05, 0) is 48.3 Å². The monoisotopic (exact) mass is 404 g/mol. The Hall–Kier alpha value is -3.00. The van der Waals surface area contributed by atoms with Gasteiger partial charge in [-0.3, -0.25) is 0 Å². The summed E-state index contributed by atoms with van der Waals surface area (Å²) in [6.45, 7) is 20.4. The largest absolute Gasteiger partial charge is 0.457 e. The first-order chi connectivity index (χ1) is 14.2. The van der Waals surface area contributed by atoms with Crippen LogP contribution in [0, 0.1) is 11.8 Å². The Balaban J connectivity index is 0.000000224. The molecule has 0 fully saturated rings. The van der Waals surface area contributed by atoms with Crippen molar-refractivity contribution in [3.8, 4) is 11.5 Å². The van der Waals surface area contributed by atoms with Gasteiger partial charge in [0.15, 0.2) is 0 Å². The summed E-state index contributed by atoms with van der Waals surface area (Å²) in [7, 11) is 0. The lowest BCUT2D eigenvalue weighted by molar-refractivity contribution is 0.442. The molecule has 2 aromatic rings. The number of hydrogen-bond acceptors (Lipinski definition) is 2. The van der Waals surface area contributed by atoms with Gasteiger partial charge in [-0.25, -0.2) is 0 Å². The summed E-state index contributed by atoms with van der Waals surface area (Å²) in [5.74, 6) is 4.84. The highest BCUT2D eigenvalue weighted by Crippen LogP contribution is 2.26. The second-order valence-electron chi connectivity index (χ2n) is 8.34. The van der Waals surface area contributed by atoms with E-state index in [1.165, 1.54) is 0 Å². The van der Waals surface area contributed by atoms with Crippen LogP contribution >= 0.6 is 0 Å². The van der Waals surface area contributed by atoms with Crippen LogP contribution in [0.4, 0.5) is 0 Å². The van der Waals surface area contributed by atoms with Gasteiger partial charge >= 0.3 is 0 Å². The van der Waals surface area contributed by atoms with Crippen LogP contribution in [0.15, 0.2) is 85.4 Å². The van der Waals surface area contributed by atoms with Crippen LogP contribution in [0.1, 0.15) is 52.7 Å². The first-order valence-electron chi connectivity index (χ1n) is 10.5. The Bertz CT molecular complexity index is 791. The summed E-state index contributed by atoms with van der Waals surface area (Å²) in [5, 5.41) is 0. The fraction of sp³-hybridized carbons (Fsp3) is 0.286. The van der Waals surface area contributed by atoms with Crippen LogP contribution in [0.2, 0.25) is 0 Å². The van der Waals surface area contributed by atoms with Crippen LogP contribution in [0.25, 0.3) is 12.2 Å². The van der Waals surface area contributed by atoms with E-state index in [4.69, 9.17) is 9.47 Å². The molecule has 2 nitrogen and oxygen atoms in total. The molecule has 0 unspecified atom stereocenters. The Morgan fingerprint density at radius 1 is 0.533 bits per heavy atom. The molecule has 4 rings (SSSR count). The van der Waals surface area contributed by atoms with Crippen LogP contribution in [-0.2, 0) is 0 Å². The van der Waals surface area contributed by atoms with Crippen LogP contribution < -0.4 is 9.47 Å². The maximum atomic E-state index is 5.35. The minimum atomic E-state index is 0.698. The van der Waals surface area contributed by atoms with E-state index in [0.29, 0.717) is 11.5 Å². The normalized spacial score (nSPS) is 12.7. The van der Waals surface area contributed by atoms with E-state index in [-0.39, 0.29) is 0 Å². The SMILES string of the molecule is C=C1C=Cc2ccccc2O1.C=C1C=Cc2ccccc2O1.CC(C)C.CC(C)C. The van der Waals surface area contributed by atoms with Crippen molar-refractivity contribution >= 4 is 12.2 Å². The summed E-state index contributed by atoms with van der Waals surface area (Å²) >= 11 is 0. The number of fused-ring (bicyclic) bond motifs is 2. The van der Waals surface area contributed by atoms with Crippen molar-refractivity contribution in [2.24, 2.45) is 11.8 Å². The molecular formula is C28H36O2. The van der Waals surface area contributed by atoms with Crippen molar-refractivity contribution in [2.45, 2.75) is 41.5 Å². The predicted molar refractivity (Wildman–Crippen MR) is 132 cm³/mol. The van der Waals surface area contributed by atoms with Gasteiger partial charge < -0.3 is 9.47 Å². The first-order valence-corrected chi connectivity index (χ1v) is 10.5. The Morgan fingerprint density at radius 3 is 1.17 bits per heavy atom. The number of rotatable bonds is 0. The van der Waals surface area contributed by atoms with Crippen molar-refractivity contribution in [1.29, 1.82) is 0 Å². The van der Waals surface area contributed by atoms with Gasteiger partial charge in [0.05, 0.1) is 0 Å². The van der Waals surface area contributed by atoms with Crippen LogP contribution in [0.3, 0.4) is 0 Å². The summed E-state index contributed by atoms with van der Waals surface area (Å²) in [6, 6.07) is 15.8. The Labute approximate surface area is 183 Å². The van der Waals surface area contributed by atoms with Crippen molar-refractivity contribution in [2.75, 3.05) is 0 Å². The molecule has 0 aromatic heterocycles.